The van der Waals surface area contributed by atoms with Gasteiger partial charge in [-0.1, -0.05) is 0 Å². The van der Waals surface area contributed by atoms with Crippen LogP contribution in [0.1, 0.15) is 24.3 Å². The fourth-order valence-corrected chi connectivity index (χ4v) is 4.58. The Morgan fingerprint density at radius 3 is 2.75 bits per heavy atom. The molecule has 0 atom stereocenters. The number of hydrogen-bond donors (Lipinski definition) is 0. The Labute approximate surface area is 146 Å². The van der Waals surface area contributed by atoms with Crippen LogP contribution in [0.15, 0.2) is 24.0 Å². The van der Waals surface area contributed by atoms with Crippen molar-refractivity contribution in [3.8, 4) is 5.88 Å². The maximum atomic E-state index is 5.21. The van der Waals surface area contributed by atoms with Gasteiger partial charge >= 0.3 is 0 Å². The van der Waals surface area contributed by atoms with Crippen molar-refractivity contribution in [3.63, 3.8) is 0 Å². The van der Waals surface area contributed by atoms with Gasteiger partial charge in [-0.2, -0.15) is 0 Å². The fourth-order valence-electron chi connectivity index (χ4n) is 3.92. The van der Waals surface area contributed by atoms with Crippen LogP contribution in [0, 0.1) is 5.41 Å². The Morgan fingerprint density at radius 1 is 1.17 bits per heavy atom. The average Bonchev–Trinajstić information content (AvgIpc) is 3.27. The second-order valence-electron chi connectivity index (χ2n) is 6.79. The fraction of sp³-hybridized carbons (Fsp3) is 0.588. The first-order valence-corrected chi connectivity index (χ1v) is 9.36. The summed E-state index contributed by atoms with van der Waals surface area (Å²) in [5, 5.41) is 3.30. The zero-order valence-corrected chi connectivity index (χ0v) is 14.8. The highest BCUT2D eigenvalue weighted by Gasteiger charge is 2.40. The molecule has 2 fully saturated rings. The molecule has 2 aliphatic heterocycles. The van der Waals surface area contributed by atoms with Gasteiger partial charge in [0.1, 0.15) is 17.2 Å². The average molecular weight is 345 g/mol. The first-order valence-electron chi connectivity index (χ1n) is 8.48. The predicted molar refractivity (Wildman–Crippen MR) is 94.5 cm³/mol. The number of aromatic nitrogens is 3. The third kappa shape index (κ3) is 3.23. The van der Waals surface area contributed by atoms with E-state index in [2.05, 4.69) is 30.1 Å². The van der Waals surface area contributed by atoms with Gasteiger partial charge in [0, 0.05) is 37.3 Å². The standard InChI is InChI=1S/C17H23N5OS/c1-23-15-10-14(19-13-20-15)22-7-3-17(4-8-22)2-6-21(12-17)11-16-18-5-9-24-16/h5,9-10,13H,2-4,6-8,11-12H2,1H3. The molecule has 2 saturated heterocycles. The van der Waals surface area contributed by atoms with Crippen molar-refractivity contribution in [3.05, 3.63) is 29.0 Å². The molecule has 2 aliphatic rings. The molecule has 1 spiro atoms. The van der Waals surface area contributed by atoms with E-state index in [0.29, 0.717) is 11.3 Å². The molecule has 6 nitrogen and oxygen atoms in total. The lowest BCUT2D eigenvalue weighted by Crippen LogP contribution is -2.42. The Morgan fingerprint density at radius 2 is 2.00 bits per heavy atom. The summed E-state index contributed by atoms with van der Waals surface area (Å²) in [5.41, 5.74) is 0.477. The van der Waals surface area contributed by atoms with Crippen LogP contribution in [0.3, 0.4) is 0 Å². The Kier molecular flexibility index (Phi) is 4.37. The number of nitrogens with zero attached hydrogens (tertiary/aromatic N) is 5. The van der Waals surface area contributed by atoms with E-state index in [0.717, 1.165) is 25.5 Å². The van der Waals surface area contributed by atoms with Crippen LogP contribution in [-0.4, -0.2) is 53.1 Å². The third-order valence-electron chi connectivity index (χ3n) is 5.34. The van der Waals surface area contributed by atoms with Crippen molar-refractivity contribution in [2.24, 2.45) is 5.41 Å². The van der Waals surface area contributed by atoms with Crippen molar-refractivity contribution in [2.45, 2.75) is 25.8 Å². The number of anilines is 1. The van der Waals surface area contributed by atoms with Gasteiger partial charge in [0.2, 0.25) is 5.88 Å². The lowest BCUT2D eigenvalue weighted by molar-refractivity contribution is 0.205. The Balaban J connectivity index is 1.35. The number of thiazole rings is 1. The largest absolute Gasteiger partial charge is 0.481 e. The summed E-state index contributed by atoms with van der Waals surface area (Å²) in [7, 11) is 1.65. The maximum absolute atomic E-state index is 5.21. The normalized spacial score (nSPS) is 20.6. The summed E-state index contributed by atoms with van der Waals surface area (Å²) in [6.45, 7) is 5.52. The number of methoxy groups -OCH3 is 1. The van der Waals surface area contributed by atoms with Crippen molar-refractivity contribution >= 4 is 17.2 Å². The van der Waals surface area contributed by atoms with E-state index in [-0.39, 0.29) is 0 Å². The Hall–Kier alpha value is -1.73. The minimum atomic E-state index is 0.477. The number of likely N-dealkylation sites (tertiary alicyclic amines) is 1. The van der Waals surface area contributed by atoms with Gasteiger partial charge in [0.25, 0.3) is 0 Å². The van der Waals surface area contributed by atoms with E-state index in [9.17, 15) is 0 Å². The molecule has 0 amide bonds. The molecule has 4 heterocycles. The van der Waals surface area contributed by atoms with Crippen LogP contribution in [-0.2, 0) is 6.54 Å². The van der Waals surface area contributed by atoms with E-state index >= 15 is 0 Å². The first kappa shape index (κ1) is 15.8. The van der Waals surface area contributed by atoms with Crippen molar-refractivity contribution in [1.29, 1.82) is 0 Å². The van der Waals surface area contributed by atoms with Crippen molar-refractivity contribution in [1.82, 2.24) is 19.9 Å². The van der Waals surface area contributed by atoms with Gasteiger partial charge in [-0.25, -0.2) is 15.0 Å². The third-order valence-corrected chi connectivity index (χ3v) is 6.11. The van der Waals surface area contributed by atoms with Crippen molar-refractivity contribution in [2.75, 3.05) is 38.2 Å². The topological polar surface area (TPSA) is 54.4 Å². The highest BCUT2D eigenvalue weighted by molar-refractivity contribution is 7.09. The summed E-state index contributed by atoms with van der Waals surface area (Å²) in [4.78, 5) is 17.9. The quantitative estimate of drug-likeness (QED) is 0.848. The molecular formula is C17H23N5OS. The molecule has 0 saturated carbocycles. The molecule has 24 heavy (non-hydrogen) atoms. The summed E-state index contributed by atoms with van der Waals surface area (Å²) in [5.74, 6) is 1.62. The first-order chi connectivity index (χ1) is 11.8. The molecule has 7 heteroatoms. The minimum absolute atomic E-state index is 0.477. The summed E-state index contributed by atoms with van der Waals surface area (Å²) >= 11 is 1.76. The number of piperidine rings is 1. The molecule has 4 rings (SSSR count). The number of rotatable bonds is 4. The lowest BCUT2D eigenvalue weighted by atomic mass is 9.78. The highest BCUT2D eigenvalue weighted by Crippen LogP contribution is 2.41. The molecule has 0 radical (unpaired) electrons. The van der Waals surface area contributed by atoms with Crippen LogP contribution in [0.5, 0.6) is 5.88 Å². The number of hydrogen-bond acceptors (Lipinski definition) is 7. The van der Waals surface area contributed by atoms with Crippen LogP contribution >= 0.6 is 11.3 Å². The van der Waals surface area contributed by atoms with Crippen LogP contribution < -0.4 is 9.64 Å². The van der Waals surface area contributed by atoms with Gasteiger partial charge in [0.05, 0.1) is 13.7 Å². The second-order valence-corrected chi connectivity index (χ2v) is 7.77. The molecule has 0 N–H and O–H groups in total. The van der Waals surface area contributed by atoms with Gasteiger partial charge < -0.3 is 9.64 Å². The molecule has 128 valence electrons. The van der Waals surface area contributed by atoms with E-state index in [1.165, 1.54) is 37.4 Å². The van der Waals surface area contributed by atoms with Gasteiger partial charge in [-0.05, 0) is 31.2 Å². The SMILES string of the molecule is COc1cc(N2CCC3(CCN(Cc4nccs4)C3)CC2)ncn1. The summed E-state index contributed by atoms with van der Waals surface area (Å²) in [6.07, 6.45) is 7.25. The van der Waals surface area contributed by atoms with Crippen molar-refractivity contribution < 1.29 is 4.74 Å². The van der Waals surface area contributed by atoms with Gasteiger partial charge in [0.15, 0.2) is 0 Å². The molecule has 2 aromatic heterocycles. The van der Waals surface area contributed by atoms with E-state index in [4.69, 9.17) is 4.74 Å². The lowest BCUT2D eigenvalue weighted by Gasteiger charge is -2.39. The van der Waals surface area contributed by atoms with Crippen LogP contribution in [0.25, 0.3) is 0 Å². The zero-order chi connectivity index (χ0) is 16.4. The maximum Gasteiger partial charge on any atom is 0.218 e. The monoisotopic (exact) mass is 345 g/mol. The number of ether oxygens (including phenoxy) is 1. The summed E-state index contributed by atoms with van der Waals surface area (Å²) < 4.78 is 5.21. The van der Waals surface area contributed by atoms with E-state index < -0.39 is 0 Å². The van der Waals surface area contributed by atoms with Gasteiger partial charge in [-0.3, -0.25) is 4.90 Å². The zero-order valence-electron chi connectivity index (χ0n) is 14.0. The molecule has 0 unspecified atom stereocenters. The Bertz CT molecular complexity index is 669. The van der Waals surface area contributed by atoms with Gasteiger partial charge in [-0.15, -0.1) is 11.3 Å². The minimum Gasteiger partial charge on any atom is -0.481 e. The smallest absolute Gasteiger partial charge is 0.218 e. The molecule has 0 aromatic carbocycles. The highest BCUT2D eigenvalue weighted by atomic mass is 32.1. The predicted octanol–water partition coefficient (Wildman–Crippen LogP) is 2.43. The van der Waals surface area contributed by atoms with Crippen LogP contribution in [0.2, 0.25) is 0 Å². The molecular weight excluding hydrogens is 322 g/mol. The molecule has 2 aromatic rings. The van der Waals surface area contributed by atoms with E-state index in [1.54, 1.807) is 24.8 Å². The second kappa shape index (κ2) is 6.64. The molecule has 0 bridgehead atoms. The summed E-state index contributed by atoms with van der Waals surface area (Å²) in [6, 6.07) is 1.93. The molecule has 0 aliphatic carbocycles. The van der Waals surface area contributed by atoms with E-state index in [1.807, 2.05) is 12.3 Å². The van der Waals surface area contributed by atoms with Crippen LogP contribution in [0.4, 0.5) is 5.82 Å².